The minimum absolute atomic E-state index is 0. The van der Waals surface area contributed by atoms with Crippen molar-refractivity contribution in [1.82, 2.24) is 0 Å². The summed E-state index contributed by atoms with van der Waals surface area (Å²) in [5.74, 6) is -1.19. The number of carbonyl (C=O) groups is 1. The average Bonchev–Trinajstić information content (AvgIpc) is 1.36. The summed E-state index contributed by atoms with van der Waals surface area (Å²) in [6.07, 6.45) is -1.23. The molecule has 1 unspecified atom stereocenters. The number of aliphatic hydroxyl groups is 1. The quantitative estimate of drug-likeness (QED) is 0.445. The van der Waals surface area contributed by atoms with Gasteiger partial charge in [0.05, 0.1) is 0 Å². The van der Waals surface area contributed by atoms with Crippen molar-refractivity contribution < 1.29 is 48.1 Å². The van der Waals surface area contributed by atoms with Crippen molar-refractivity contribution in [2.75, 3.05) is 0 Å². The molecule has 10 heteroatoms. The van der Waals surface area contributed by atoms with Crippen LogP contribution < -0.4 is 0 Å². The van der Waals surface area contributed by atoms with Crippen molar-refractivity contribution in [3.8, 4) is 0 Å². The molecule has 0 spiro atoms. The van der Waals surface area contributed by atoms with E-state index in [9.17, 15) is 4.79 Å². The Morgan fingerprint density at radius 3 is 1.15 bits per heavy atom. The Morgan fingerprint density at radius 2 is 1.15 bits per heavy atom. The van der Waals surface area contributed by atoms with E-state index < -0.39 is 12.1 Å². The van der Waals surface area contributed by atoms with Crippen LogP contribution in [-0.2, 0) is 4.79 Å². The molecule has 0 radical (unpaired) electrons. The molecule has 0 aliphatic carbocycles. The summed E-state index contributed by atoms with van der Waals surface area (Å²) in [7, 11) is 0. The summed E-state index contributed by atoms with van der Waals surface area (Å²) in [4.78, 5) is 9.45. The number of aliphatic carboxylic acids is 1. The van der Waals surface area contributed by atoms with Crippen molar-refractivity contribution >= 4 is 81.4 Å². The molecule has 84 valence electrons. The third-order valence-electron chi connectivity index (χ3n) is 0.357. The van der Waals surface area contributed by atoms with E-state index >= 15 is 0 Å². The van der Waals surface area contributed by atoms with Crippen molar-refractivity contribution in [1.29, 1.82) is 0 Å². The van der Waals surface area contributed by atoms with Crippen molar-refractivity contribution in [3.05, 3.63) is 0 Å². The van der Waals surface area contributed by atoms with E-state index in [2.05, 4.69) is 0 Å². The second-order valence-electron chi connectivity index (χ2n) is 1.01. The second kappa shape index (κ2) is 37.2. The zero-order valence-corrected chi connectivity index (χ0v) is 11.7. The maximum atomic E-state index is 9.45. The Bertz CT molecular complexity index is 81.8. The van der Waals surface area contributed by atoms with Gasteiger partial charge in [0.2, 0.25) is 0 Å². The first-order valence-electron chi connectivity index (χ1n) is 1.55. The number of hydrogen-bond donors (Lipinski definition) is 2. The van der Waals surface area contributed by atoms with Gasteiger partial charge in [-0.2, -0.15) is 0 Å². The molecule has 0 saturated carbocycles. The smallest absolute Gasteiger partial charge is 1.00 e. The summed E-state index contributed by atoms with van der Waals surface area (Å²) in [6.45, 7) is 1.20. The summed E-state index contributed by atoms with van der Waals surface area (Å²) < 4.78 is 0. The van der Waals surface area contributed by atoms with Gasteiger partial charge in [-0.1, -0.05) is 0 Å². The number of hydrogen-bond acceptors (Lipinski definition) is 2. The van der Waals surface area contributed by atoms with E-state index in [1.54, 1.807) is 0 Å². The molecule has 0 aromatic rings. The molecule has 0 aromatic carbocycles. The molecule has 0 saturated heterocycles. The van der Waals surface area contributed by atoms with Gasteiger partial charge in [0.25, 0.3) is 0 Å². The fraction of sp³-hybridized carbons (Fsp3) is 0.667. The molecule has 0 aromatic heterocycles. The van der Waals surface area contributed by atoms with Crippen LogP contribution in [0.5, 0.6) is 0 Å². The monoisotopic (exact) mass is 264 g/mol. The van der Waals surface area contributed by atoms with Crippen LogP contribution in [0.2, 0.25) is 0 Å². The largest absolute Gasteiger partial charge is 2.00 e. The molecule has 0 amide bonds. The summed E-state index contributed by atoms with van der Waals surface area (Å²) in [5.41, 5.74) is 0. The Morgan fingerprint density at radius 1 is 1.08 bits per heavy atom. The van der Waals surface area contributed by atoms with Gasteiger partial charge in [-0.3, -0.25) is 0 Å². The minimum Gasteiger partial charge on any atom is -1.00 e. The van der Waals surface area contributed by atoms with Gasteiger partial charge in [-0.25, -0.2) is 4.79 Å². The van der Waals surface area contributed by atoms with Crippen LogP contribution in [0.4, 0.5) is 0 Å². The molecule has 12 N–H and O–H groups in total. The molecule has 0 aliphatic heterocycles. The van der Waals surface area contributed by atoms with E-state index in [4.69, 9.17) is 10.2 Å². The molecule has 0 bridgehead atoms. The zero-order chi connectivity index (χ0) is 5.15. The van der Waals surface area contributed by atoms with Crippen molar-refractivity contribution in [3.63, 3.8) is 0 Å². The van der Waals surface area contributed by atoms with Crippen LogP contribution in [0.3, 0.4) is 0 Å². The molecule has 0 rings (SSSR count). The van der Waals surface area contributed by atoms with E-state index in [1.807, 2.05) is 0 Å². The van der Waals surface area contributed by atoms with Crippen LogP contribution in [0.25, 0.3) is 0 Å². The van der Waals surface area contributed by atoms with Crippen LogP contribution in [0.1, 0.15) is 12.6 Å². The van der Waals surface area contributed by atoms with Gasteiger partial charge in [-0.05, 0) is 6.92 Å². The maximum Gasteiger partial charge on any atom is 2.00 e. The third-order valence-corrected chi connectivity index (χ3v) is 0.357. The van der Waals surface area contributed by atoms with Crippen LogP contribution in [0.15, 0.2) is 0 Å². The predicted octanol–water partition coefficient (Wildman–Crippen LogP) is -4.98. The maximum absolute atomic E-state index is 9.45. The van der Waals surface area contributed by atoms with E-state index in [-0.39, 0.29) is 109 Å². The molecule has 0 fully saturated rings. The SMILES string of the molecule is CC(O)C(=O)O.O.O.O.O.O.[Ca+2].[Ca+2].[H-].[H-].[H-].[H-]. The van der Waals surface area contributed by atoms with Gasteiger partial charge in [-0.15, -0.1) is 0 Å². The Hall–Kier alpha value is 1.75. The Kier molecular flexibility index (Phi) is 175. The average molecular weight is 264 g/mol. The van der Waals surface area contributed by atoms with Gasteiger partial charge in [0, 0.05) is 0 Å². The Labute approximate surface area is 141 Å². The van der Waals surface area contributed by atoms with Crippen molar-refractivity contribution in [2.45, 2.75) is 13.0 Å². The van der Waals surface area contributed by atoms with Crippen LogP contribution in [-0.4, -0.2) is 125 Å². The normalized spacial score (nSPS) is 6.31. The minimum atomic E-state index is -1.23. The second-order valence-corrected chi connectivity index (χ2v) is 1.01. The fourth-order valence-electron chi connectivity index (χ4n) is 0. The number of rotatable bonds is 1. The van der Waals surface area contributed by atoms with Crippen LogP contribution in [0, 0.1) is 0 Å². The summed E-state index contributed by atoms with van der Waals surface area (Å²) in [5, 5.41) is 15.8. The summed E-state index contributed by atoms with van der Waals surface area (Å²) >= 11 is 0. The molecular formula is C3H20Ca2O8. The van der Waals surface area contributed by atoms with Gasteiger partial charge < -0.3 is 43.3 Å². The standard InChI is InChI=1S/C3H6O3.2Ca.5H2O.4H/c1-2(4)3(5)6;;;;;;;;;;;/h2,4H,1H3,(H,5,6);;;5*1H2;;;;/q;2*+2;;;;;;4*-1. The molecule has 1 atom stereocenters. The number of aliphatic hydroxyl groups excluding tert-OH is 1. The fourth-order valence-corrected chi connectivity index (χ4v) is 0. The zero-order valence-electron chi connectivity index (χ0n) is 11.3. The molecule has 8 nitrogen and oxygen atoms in total. The Balaban J connectivity index is -0.00000000227. The molecular weight excluding hydrogens is 244 g/mol. The first kappa shape index (κ1) is 61.2. The van der Waals surface area contributed by atoms with Crippen molar-refractivity contribution in [2.24, 2.45) is 0 Å². The molecule has 0 aliphatic rings. The predicted molar refractivity (Wildman–Crippen MR) is 53.3 cm³/mol. The van der Waals surface area contributed by atoms with Gasteiger partial charge >= 0.3 is 81.4 Å². The van der Waals surface area contributed by atoms with E-state index in [0.29, 0.717) is 0 Å². The number of carboxylic acid groups (broad SMARTS) is 1. The van der Waals surface area contributed by atoms with Crippen LogP contribution >= 0.6 is 0 Å². The van der Waals surface area contributed by atoms with Gasteiger partial charge in [0.1, 0.15) is 6.10 Å². The van der Waals surface area contributed by atoms with Gasteiger partial charge in [0.15, 0.2) is 0 Å². The summed E-state index contributed by atoms with van der Waals surface area (Å²) in [6, 6.07) is 0. The molecule has 13 heavy (non-hydrogen) atoms. The van der Waals surface area contributed by atoms with E-state index in [0.717, 1.165) is 0 Å². The first-order valence-corrected chi connectivity index (χ1v) is 1.55. The number of carboxylic acids is 1. The van der Waals surface area contributed by atoms with E-state index in [1.165, 1.54) is 6.92 Å². The first-order chi connectivity index (χ1) is 2.64. The topological polar surface area (TPSA) is 215 Å². The third kappa shape index (κ3) is 57.4. The molecule has 0 heterocycles.